The molecule has 2 heterocycles. The zero-order valence-electron chi connectivity index (χ0n) is 18.0. The van der Waals surface area contributed by atoms with Crippen molar-refractivity contribution >= 4 is 34.1 Å². The summed E-state index contributed by atoms with van der Waals surface area (Å²) in [6.45, 7) is 2.53. The number of methoxy groups -OCH3 is 1. The molecule has 0 radical (unpaired) electrons. The molecule has 1 aliphatic rings. The van der Waals surface area contributed by atoms with Gasteiger partial charge in [-0.2, -0.15) is 0 Å². The molecular formula is C23H22F2N4O4. The van der Waals surface area contributed by atoms with Crippen molar-refractivity contribution in [2.75, 3.05) is 37.0 Å². The van der Waals surface area contributed by atoms with Crippen LogP contribution in [0.3, 0.4) is 0 Å². The molecule has 4 rings (SSSR count). The number of halogens is 2. The molecule has 33 heavy (non-hydrogen) atoms. The zero-order chi connectivity index (χ0) is 23.7. The molecule has 1 atom stereocenters. The number of benzene rings is 2. The SMILES string of the molecule is COc1c(F)cc(N2CCN(C(=O)C(=O)Nc3ccc4[nH]c(=O)ccc4c3)C[C@H]2C)cc1F. The van der Waals surface area contributed by atoms with E-state index >= 15 is 0 Å². The standard InChI is InChI=1S/C23H22F2N4O4/c1-13-12-28(7-8-29(13)16-10-17(24)21(33-2)18(25)11-16)23(32)22(31)26-15-4-5-19-14(9-15)3-6-20(30)27-19/h3-6,9-11,13H,7-8,12H2,1-2H3,(H,26,31)(H,27,30)/t13-/m1/s1. The minimum atomic E-state index is -0.808. The maximum atomic E-state index is 14.1. The fourth-order valence-corrected chi connectivity index (χ4v) is 3.99. The number of hydrogen-bond acceptors (Lipinski definition) is 5. The van der Waals surface area contributed by atoms with E-state index in [1.807, 2.05) is 6.92 Å². The predicted molar refractivity (Wildman–Crippen MR) is 119 cm³/mol. The summed E-state index contributed by atoms with van der Waals surface area (Å²) in [5.74, 6) is -3.55. The van der Waals surface area contributed by atoms with Gasteiger partial charge in [-0.25, -0.2) is 8.78 Å². The summed E-state index contributed by atoms with van der Waals surface area (Å²) in [7, 11) is 1.19. The Bertz CT molecular complexity index is 1270. The van der Waals surface area contributed by atoms with Crippen LogP contribution in [0.5, 0.6) is 5.75 Å². The number of anilines is 2. The third-order valence-electron chi connectivity index (χ3n) is 5.61. The van der Waals surface area contributed by atoms with Gasteiger partial charge in [0.25, 0.3) is 0 Å². The van der Waals surface area contributed by atoms with Crippen molar-refractivity contribution in [3.05, 3.63) is 64.5 Å². The molecule has 0 spiro atoms. The lowest BCUT2D eigenvalue weighted by Gasteiger charge is -2.41. The van der Waals surface area contributed by atoms with Crippen molar-refractivity contribution in [1.82, 2.24) is 9.88 Å². The Morgan fingerprint density at radius 2 is 1.82 bits per heavy atom. The van der Waals surface area contributed by atoms with Crippen LogP contribution in [0, 0.1) is 11.6 Å². The lowest BCUT2D eigenvalue weighted by atomic mass is 10.1. The van der Waals surface area contributed by atoms with Gasteiger partial charge in [-0.3, -0.25) is 14.4 Å². The van der Waals surface area contributed by atoms with Gasteiger partial charge in [-0.15, -0.1) is 0 Å². The van der Waals surface area contributed by atoms with Crippen LogP contribution in [0.25, 0.3) is 10.9 Å². The van der Waals surface area contributed by atoms with Crippen LogP contribution in [-0.2, 0) is 9.59 Å². The van der Waals surface area contributed by atoms with Crippen molar-refractivity contribution in [2.45, 2.75) is 13.0 Å². The quantitative estimate of drug-likeness (QED) is 0.591. The Hall–Kier alpha value is -3.95. The summed E-state index contributed by atoms with van der Waals surface area (Å²) in [6, 6.07) is 9.99. The van der Waals surface area contributed by atoms with E-state index in [4.69, 9.17) is 4.74 Å². The van der Waals surface area contributed by atoms with Gasteiger partial charge in [0.2, 0.25) is 5.56 Å². The number of aromatic amines is 1. The molecular weight excluding hydrogens is 434 g/mol. The fraction of sp³-hybridized carbons (Fsp3) is 0.261. The van der Waals surface area contributed by atoms with Gasteiger partial charge in [0.1, 0.15) is 0 Å². The molecule has 0 bridgehead atoms. The molecule has 1 aliphatic heterocycles. The molecule has 2 N–H and O–H groups in total. The van der Waals surface area contributed by atoms with Gasteiger partial charge >= 0.3 is 11.8 Å². The zero-order valence-corrected chi connectivity index (χ0v) is 18.0. The third-order valence-corrected chi connectivity index (χ3v) is 5.61. The molecule has 2 aromatic carbocycles. The maximum absolute atomic E-state index is 14.1. The van der Waals surface area contributed by atoms with Crippen LogP contribution in [0.15, 0.2) is 47.3 Å². The summed E-state index contributed by atoms with van der Waals surface area (Å²) in [4.78, 5) is 42.5. The number of H-pyrrole nitrogens is 1. The molecule has 10 heteroatoms. The van der Waals surface area contributed by atoms with Crippen LogP contribution >= 0.6 is 0 Å². The number of carbonyl (C=O) groups is 2. The Kier molecular flexibility index (Phi) is 5.99. The first-order chi connectivity index (χ1) is 15.8. The molecule has 3 aromatic rings. The Morgan fingerprint density at radius 1 is 1.09 bits per heavy atom. The number of aromatic nitrogens is 1. The number of hydrogen-bond donors (Lipinski definition) is 2. The fourth-order valence-electron chi connectivity index (χ4n) is 3.99. The molecule has 2 amide bonds. The highest BCUT2D eigenvalue weighted by molar-refractivity contribution is 6.39. The van der Waals surface area contributed by atoms with Crippen LogP contribution < -0.4 is 20.5 Å². The lowest BCUT2D eigenvalue weighted by molar-refractivity contribution is -0.143. The first kappa shape index (κ1) is 22.3. The van der Waals surface area contributed by atoms with Gasteiger partial charge in [0, 0.05) is 66.2 Å². The minimum absolute atomic E-state index is 0.209. The van der Waals surface area contributed by atoms with E-state index in [0.717, 1.165) is 0 Å². The van der Waals surface area contributed by atoms with Crippen LogP contribution in [-0.4, -0.2) is 54.5 Å². The van der Waals surface area contributed by atoms with E-state index in [9.17, 15) is 23.2 Å². The van der Waals surface area contributed by atoms with Crippen molar-refractivity contribution in [3.8, 4) is 5.75 Å². The third kappa shape index (κ3) is 4.50. The van der Waals surface area contributed by atoms with E-state index in [-0.39, 0.29) is 24.7 Å². The van der Waals surface area contributed by atoms with Crippen LogP contribution in [0.1, 0.15) is 6.92 Å². The van der Waals surface area contributed by atoms with Crippen molar-refractivity contribution < 1.29 is 23.1 Å². The highest BCUT2D eigenvalue weighted by Gasteiger charge is 2.31. The van der Waals surface area contributed by atoms with E-state index < -0.39 is 29.2 Å². The largest absolute Gasteiger partial charge is 0.491 e. The molecule has 1 saturated heterocycles. The number of rotatable bonds is 3. The number of nitrogens with zero attached hydrogens (tertiary/aromatic N) is 2. The first-order valence-corrected chi connectivity index (χ1v) is 10.3. The molecule has 0 unspecified atom stereocenters. The minimum Gasteiger partial charge on any atom is -0.491 e. The number of nitrogens with one attached hydrogen (secondary N) is 2. The van der Waals surface area contributed by atoms with Crippen LogP contribution in [0.2, 0.25) is 0 Å². The van der Waals surface area contributed by atoms with Crippen molar-refractivity contribution in [3.63, 3.8) is 0 Å². The Morgan fingerprint density at radius 3 is 2.48 bits per heavy atom. The monoisotopic (exact) mass is 456 g/mol. The van der Waals surface area contributed by atoms with Gasteiger partial charge in [0.15, 0.2) is 17.4 Å². The number of fused-ring (bicyclic) bond motifs is 1. The second-order valence-corrected chi connectivity index (χ2v) is 7.81. The van der Waals surface area contributed by atoms with Gasteiger partial charge in [0.05, 0.1) is 7.11 Å². The number of pyridine rings is 1. The molecule has 1 fully saturated rings. The average molecular weight is 456 g/mol. The lowest BCUT2D eigenvalue weighted by Crippen LogP contribution is -2.55. The highest BCUT2D eigenvalue weighted by Crippen LogP contribution is 2.29. The van der Waals surface area contributed by atoms with Crippen LogP contribution in [0.4, 0.5) is 20.2 Å². The number of ether oxygens (including phenoxy) is 1. The summed E-state index contributed by atoms with van der Waals surface area (Å²) >= 11 is 0. The maximum Gasteiger partial charge on any atom is 0.313 e. The summed E-state index contributed by atoms with van der Waals surface area (Å²) in [5.41, 5.74) is 1.14. The number of amides is 2. The molecule has 8 nitrogen and oxygen atoms in total. The summed E-state index contributed by atoms with van der Waals surface area (Å²) in [6.07, 6.45) is 0. The smallest absolute Gasteiger partial charge is 0.313 e. The molecule has 0 aliphatic carbocycles. The topological polar surface area (TPSA) is 94.7 Å². The van der Waals surface area contributed by atoms with E-state index in [1.54, 1.807) is 29.2 Å². The predicted octanol–water partition coefficient (Wildman–Crippen LogP) is 2.49. The Balaban J connectivity index is 1.42. The van der Waals surface area contributed by atoms with E-state index in [1.165, 1.54) is 30.2 Å². The average Bonchev–Trinajstić information content (AvgIpc) is 2.78. The van der Waals surface area contributed by atoms with Gasteiger partial charge in [-0.05, 0) is 31.2 Å². The first-order valence-electron chi connectivity index (χ1n) is 10.3. The number of piperazine rings is 1. The second-order valence-electron chi connectivity index (χ2n) is 7.81. The molecule has 1 aromatic heterocycles. The Labute approximate surface area is 187 Å². The summed E-state index contributed by atoms with van der Waals surface area (Å²) in [5, 5.41) is 3.29. The molecule has 0 saturated carbocycles. The van der Waals surface area contributed by atoms with Gasteiger partial charge in [-0.1, -0.05) is 0 Å². The highest BCUT2D eigenvalue weighted by atomic mass is 19.1. The van der Waals surface area contributed by atoms with Gasteiger partial charge < -0.3 is 24.8 Å². The van der Waals surface area contributed by atoms with E-state index in [0.29, 0.717) is 28.8 Å². The summed E-state index contributed by atoms with van der Waals surface area (Å²) < 4.78 is 32.9. The van der Waals surface area contributed by atoms with Crippen molar-refractivity contribution in [1.29, 1.82) is 0 Å². The second kappa shape index (κ2) is 8.89. The van der Waals surface area contributed by atoms with E-state index in [2.05, 4.69) is 10.3 Å². The van der Waals surface area contributed by atoms with Crippen molar-refractivity contribution in [2.24, 2.45) is 0 Å². The molecule has 172 valence electrons. The number of carbonyl (C=O) groups excluding carboxylic acids is 2. The normalized spacial score (nSPS) is 16.1.